The second kappa shape index (κ2) is 8.76. The molecule has 146 valence electrons. The predicted octanol–water partition coefficient (Wildman–Crippen LogP) is 3.77. The number of carbonyl (C=O) groups excluding carboxylic acids is 1. The lowest BCUT2D eigenvalue weighted by Crippen LogP contribution is -2.35. The molecule has 2 aromatic carbocycles. The van der Waals surface area contributed by atoms with Gasteiger partial charge in [0.15, 0.2) is 0 Å². The molecule has 1 heterocycles. The number of carbonyl (C=O) groups is 1. The van der Waals surface area contributed by atoms with E-state index in [0.717, 1.165) is 38.8 Å². The highest BCUT2D eigenvalue weighted by molar-refractivity contribution is 7.92. The Hall–Kier alpha value is -3.05. The molecule has 0 bridgehead atoms. The number of nitriles is 1. The van der Waals surface area contributed by atoms with Crippen LogP contribution < -0.4 is 10.0 Å². The number of anilines is 2. The van der Waals surface area contributed by atoms with Crippen LogP contribution in [0.3, 0.4) is 0 Å². The van der Waals surface area contributed by atoms with Crippen molar-refractivity contribution < 1.29 is 13.2 Å². The minimum atomic E-state index is -3.75. The Morgan fingerprint density at radius 3 is 2.04 bits per heavy atom. The molecule has 1 saturated heterocycles. The summed E-state index contributed by atoms with van der Waals surface area (Å²) in [5.74, 6) is 0. The summed E-state index contributed by atoms with van der Waals surface area (Å²) in [6.07, 6.45) is 4.34. The molecule has 0 atom stereocenters. The fraction of sp³-hybridized carbons (Fsp3) is 0.300. The summed E-state index contributed by atoms with van der Waals surface area (Å²) in [4.78, 5) is 14.2. The average Bonchev–Trinajstić information content (AvgIpc) is 2.99. The number of urea groups is 1. The van der Waals surface area contributed by atoms with Gasteiger partial charge in [-0.3, -0.25) is 4.72 Å². The maximum atomic E-state index is 12.4. The Balaban J connectivity index is 1.63. The molecule has 2 aromatic rings. The van der Waals surface area contributed by atoms with Crippen molar-refractivity contribution in [3.8, 4) is 6.07 Å². The van der Waals surface area contributed by atoms with Crippen LogP contribution in [0.5, 0.6) is 0 Å². The molecule has 1 aliphatic heterocycles. The molecule has 28 heavy (non-hydrogen) atoms. The Morgan fingerprint density at radius 2 is 1.46 bits per heavy atom. The molecule has 3 rings (SSSR count). The summed E-state index contributed by atoms with van der Waals surface area (Å²) < 4.78 is 27.4. The molecule has 1 fully saturated rings. The van der Waals surface area contributed by atoms with E-state index in [1.54, 1.807) is 24.3 Å². The molecule has 2 N–H and O–H groups in total. The second-order valence-electron chi connectivity index (χ2n) is 6.65. The van der Waals surface area contributed by atoms with Crippen LogP contribution in [0.1, 0.15) is 31.2 Å². The molecule has 7 nitrogen and oxygen atoms in total. The van der Waals surface area contributed by atoms with Crippen molar-refractivity contribution in [1.82, 2.24) is 4.90 Å². The lowest BCUT2D eigenvalue weighted by molar-refractivity contribution is 0.214. The third-order valence-corrected chi connectivity index (χ3v) is 5.97. The minimum Gasteiger partial charge on any atom is -0.325 e. The molecule has 0 aliphatic carbocycles. The van der Waals surface area contributed by atoms with Crippen LogP contribution in [-0.4, -0.2) is 32.4 Å². The van der Waals surface area contributed by atoms with Crippen molar-refractivity contribution in [3.05, 3.63) is 54.1 Å². The lowest BCUT2D eigenvalue weighted by atomic mass is 10.2. The normalized spacial score (nSPS) is 14.6. The van der Waals surface area contributed by atoms with Crippen molar-refractivity contribution in [2.45, 2.75) is 30.6 Å². The summed E-state index contributed by atoms with van der Waals surface area (Å²) >= 11 is 0. The van der Waals surface area contributed by atoms with Crippen molar-refractivity contribution in [2.24, 2.45) is 0 Å². The molecule has 0 saturated carbocycles. The molecule has 0 unspecified atom stereocenters. The molecule has 0 aromatic heterocycles. The van der Waals surface area contributed by atoms with Gasteiger partial charge in [-0.2, -0.15) is 5.26 Å². The first-order valence-corrected chi connectivity index (χ1v) is 10.7. The maximum absolute atomic E-state index is 12.4. The van der Waals surface area contributed by atoms with Crippen LogP contribution in [0.4, 0.5) is 16.2 Å². The van der Waals surface area contributed by atoms with Gasteiger partial charge in [-0.1, -0.05) is 12.8 Å². The van der Waals surface area contributed by atoms with Crippen molar-refractivity contribution >= 4 is 27.4 Å². The second-order valence-corrected chi connectivity index (χ2v) is 8.33. The number of rotatable bonds is 4. The highest BCUT2D eigenvalue weighted by Crippen LogP contribution is 2.19. The molecular formula is C20H22N4O3S. The average molecular weight is 398 g/mol. The van der Waals surface area contributed by atoms with Gasteiger partial charge in [0.25, 0.3) is 10.0 Å². The zero-order valence-corrected chi connectivity index (χ0v) is 16.2. The first kappa shape index (κ1) is 19.7. The molecule has 0 radical (unpaired) electrons. The van der Waals surface area contributed by atoms with E-state index in [1.165, 1.54) is 24.3 Å². The van der Waals surface area contributed by atoms with Gasteiger partial charge in [-0.25, -0.2) is 13.2 Å². The number of hydrogen-bond acceptors (Lipinski definition) is 4. The standard InChI is InChI=1S/C20H22N4O3S/c21-15-16-5-11-19(12-6-16)28(26,27)23-18-9-7-17(8-10-18)22-20(25)24-13-3-1-2-4-14-24/h5-12,23H,1-4,13-14H2,(H,22,25). The highest BCUT2D eigenvalue weighted by atomic mass is 32.2. The maximum Gasteiger partial charge on any atom is 0.321 e. The third-order valence-electron chi connectivity index (χ3n) is 4.58. The van der Waals surface area contributed by atoms with Gasteiger partial charge in [0, 0.05) is 24.5 Å². The van der Waals surface area contributed by atoms with Crippen molar-refractivity contribution in [2.75, 3.05) is 23.1 Å². The smallest absolute Gasteiger partial charge is 0.321 e. The van der Waals surface area contributed by atoms with E-state index in [0.29, 0.717) is 16.9 Å². The van der Waals surface area contributed by atoms with Crippen LogP contribution in [0, 0.1) is 11.3 Å². The van der Waals surface area contributed by atoms with E-state index in [-0.39, 0.29) is 10.9 Å². The Kier molecular flexibility index (Phi) is 6.16. The van der Waals surface area contributed by atoms with E-state index in [1.807, 2.05) is 11.0 Å². The van der Waals surface area contributed by atoms with Gasteiger partial charge in [0.2, 0.25) is 0 Å². The Morgan fingerprint density at radius 1 is 0.893 bits per heavy atom. The van der Waals surface area contributed by atoms with Crippen LogP contribution in [0.25, 0.3) is 0 Å². The van der Waals surface area contributed by atoms with E-state index in [2.05, 4.69) is 10.0 Å². The molecule has 2 amide bonds. The quantitative estimate of drug-likeness (QED) is 0.818. The van der Waals surface area contributed by atoms with Gasteiger partial charge in [0.05, 0.1) is 16.5 Å². The van der Waals surface area contributed by atoms with Gasteiger partial charge in [0.1, 0.15) is 0 Å². The highest BCUT2D eigenvalue weighted by Gasteiger charge is 2.16. The number of amides is 2. The van der Waals surface area contributed by atoms with Crippen LogP contribution in [0.15, 0.2) is 53.4 Å². The zero-order valence-electron chi connectivity index (χ0n) is 15.4. The van der Waals surface area contributed by atoms with E-state index >= 15 is 0 Å². The van der Waals surface area contributed by atoms with Gasteiger partial charge < -0.3 is 10.2 Å². The van der Waals surface area contributed by atoms with Crippen LogP contribution in [0.2, 0.25) is 0 Å². The van der Waals surface area contributed by atoms with E-state index in [9.17, 15) is 13.2 Å². The fourth-order valence-corrected chi connectivity index (χ4v) is 4.08. The monoisotopic (exact) mass is 398 g/mol. The fourth-order valence-electron chi connectivity index (χ4n) is 3.02. The number of hydrogen-bond donors (Lipinski definition) is 2. The molecule has 1 aliphatic rings. The number of nitrogens with one attached hydrogen (secondary N) is 2. The summed E-state index contributed by atoms with van der Waals surface area (Å²) in [6, 6.07) is 14.0. The van der Waals surface area contributed by atoms with E-state index in [4.69, 9.17) is 5.26 Å². The summed E-state index contributed by atoms with van der Waals surface area (Å²) in [5, 5.41) is 11.7. The number of nitrogens with zero attached hydrogens (tertiary/aromatic N) is 2. The number of benzene rings is 2. The first-order chi connectivity index (χ1) is 13.5. The van der Waals surface area contributed by atoms with E-state index < -0.39 is 10.0 Å². The van der Waals surface area contributed by atoms with Gasteiger partial charge >= 0.3 is 6.03 Å². The lowest BCUT2D eigenvalue weighted by Gasteiger charge is -2.20. The van der Waals surface area contributed by atoms with Crippen molar-refractivity contribution in [1.29, 1.82) is 5.26 Å². The summed E-state index contributed by atoms with van der Waals surface area (Å²) in [7, 11) is -3.75. The van der Waals surface area contributed by atoms with Gasteiger partial charge in [-0.05, 0) is 61.4 Å². The SMILES string of the molecule is N#Cc1ccc(S(=O)(=O)Nc2ccc(NC(=O)N3CCCCCC3)cc2)cc1. The third kappa shape index (κ3) is 5.02. The van der Waals surface area contributed by atoms with Gasteiger partial charge in [-0.15, -0.1) is 0 Å². The predicted molar refractivity (Wildman–Crippen MR) is 107 cm³/mol. The molecule has 8 heteroatoms. The Labute approximate surface area is 165 Å². The number of likely N-dealkylation sites (tertiary alicyclic amines) is 1. The van der Waals surface area contributed by atoms with Crippen molar-refractivity contribution in [3.63, 3.8) is 0 Å². The first-order valence-electron chi connectivity index (χ1n) is 9.17. The van der Waals surface area contributed by atoms with Crippen LogP contribution >= 0.6 is 0 Å². The zero-order chi connectivity index (χ0) is 20.0. The molecular weight excluding hydrogens is 376 g/mol. The van der Waals surface area contributed by atoms with Crippen LogP contribution in [-0.2, 0) is 10.0 Å². The largest absolute Gasteiger partial charge is 0.325 e. The minimum absolute atomic E-state index is 0.0741. The topological polar surface area (TPSA) is 102 Å². The summed E-state index contributed by atoms with van der Waals surface area (Å²) in [5.41, 5.74) is 1.39. The number of sulfonamides is 1. The molecule has 0 spiro atoms. The Bertz CT molecular complexity index is 956. The summed E-state index contributed by atoms with van der Waals surface area (Å²) in [6.45, 7) is 1.52.